The van der Waals surface area contributed by atoms with Crippen LogP contribution in [0.15, 0.2) is 28.8 Å². The highest BCUT2D eigenvalue weighted by atomic mass is 16.5. The zero-order valence-electron chi connectivity index (χ0n) is 9.01. The molecule has 2 rings (SSSR count). The molecule has 0 unspecified atom stereocenters. The van der Waals surface area contributed by atoms with Crippen LogP contribution in [0, 0.1) is 6.92 Å². The number of ether oxygens (including phenoxy) is 1. The molecule has 0 saturated carbocycles. The van der Waals surface area contributed by atoms with Crippen molar-refractivity contribution in [3.8, 4) is 5.75 Å². The summed E-state index contributed by atoms with van der Waals surface area (Å²) < 4.78 is 10.3. The average Bonchev–Trinajstić information content (AvgIpc) is 2.67. The van der Waals surface area contributed by atoms with Gasteiger partial charge in [0.2, 0.25) is 5.89 Å². The van der Waals surface area contributed by atoms with Crippen LogP contribution in [0.1, 0.15) is 11.7 Å². The third-order valence-corrected chi connectivity index (χ3v) is 2.04. The van der Waals surface area contributed by atoms with Gasteiger partial charge in [0.1, 0.15) is 5.75 Å². The monoisotopic (exact) mass is 219 g/mol. The highest BCUT2D eigenvalue weighted by molar-refractivity contribution is 5.41. The van der Waals surface area contributed by atoms with Crippen molar-refractivity contribution < 1.29 is 9.26 Å². The van der Waals surface area contributed by atoms with Gasteiger partial charge in [0.15, 0.2) is 5.82 Å². The van der Waals surface area contributed by atoms with E-state index in [0.717, 1.165) is 11.4 Å². The Morgan fingerprint density at radius 3 is 2.69 bits per heavy atom. The number of aromatic nitrogens is 2. The molecule has 2 aromatic rings. The summed E-state index contributed by atoms with van der Waals surface area (Å²) in [6, 6.07) is 7.26. The topological polar surface area (TPSA) is 74.2 Å². The normalized spacial score (nSPS) is 10.3. The van der Waals surface area contributed by atoms with Crippen LogP contribution in [-0.2, 0) is 6.42 Å². The Morgan fingerprint density at radius 1 is 1.31 bits per heavy atom. The lowest BCUT2D eigenvalue weighted by Gasteiger charge is -2.04. The van der Waals surface area contributed by atoms with E-state index in [4.69, 9.17) is 15.0 Å². The Labute approximate surface area is 93.2 Å². The number of nitrogens with zero attached hydrogens (tertiary/aromatic N) is 2. The minimum Gasteiger partial charge on any atom is -0.493 e. The maximum atomic E-state index is 5.56. The average molecular weight is 219 g/mol. The van der Waals surface area contributed by atoms with Gasteiger partial charge in [-0.1, -0.05) is 5.16 Å². The Balaban J connectivity index is 1.82. The summed E-state index contributed by atoms with van der Waals surface area (Å²) in [6.07, 6.45) is 0.627. The quantitative estimate of drug-likeness (QED) is 0.790. The van der Waals surface area contributed by atoms with E-state index >= 15 is 0 Å². The molecular weight excluding hydrogens is 206 g/mol. The molecule has 1 aromatic carbocycles. The Hall–Kier alpha value is -2.04. The Morgan fingerprint density at radius 2 is 2.06 bits per heavy atom. The van der Waals surface area contributed by atoms with Crippen LogP contribution >= 0.6 is 0 Å². The van der Waals surface area contributed by atoms with E-state index < -0.39 is 0 Å². The number of nitrogens with two attached hydrogens (primary N) is 1. The largest absolute Gasteiger partial charge is 0.493 e. The van der Waals surface area contributed by atoms with E-state index in [1.807, 2.05) is 12.1 Å². The van der Waals surface area contributed by atoms with Crippen LogP contribution in [0.3, 0.4) is 0 Å². The van der Waals surface area contributed by atoms with E-state index in [1.165, 1.54) is 0 Å². The SMILES string of the molecule is Cc1nc(CCOc2ccc(N)cc2)no1. The predicted molar refractivity (Wildman–Crippen MR) is 59.1 cm³/mol. The predicted octanol–water partition coefficient (Wildman–Crippen LogP) is 1.58. The number of hydrogen-bond acceptors (Lipinski definition) is 5. The van der Waals surface area contributed by atoms with Gasteiger partial charge in [-0.3, -0.25) is 0 Å². The van der Waals surface area contributed by atoms with E-state index in [0.29, 0.717) is 24.7 Å². The van der Waals surface area contributed by atoms with E-state index in [9.17, 15) is 0 Å². The molecule has 0 atom stereocenters. The van der Waals surface area contributed by atoms with Crippen molar-refractivity contribution in [1.82, 2.24) is 10.1 Å². The number of benzene rings is 1. The lowest BCUT2D eigenvalue weighted by molar-refractivity contribution is 0.314. The Kier molecular flexibility index (Phi) is 3.05. The lowest BCUT2D eigenvalue weighted by Crippen LogP contribution is -2.02. The maximum Gasteiger partial charge on any atom is 0.223 e. The second-order valence-corrected chi connectivity index (χ2v) is 3.40. The van der Waals surface area contributed by atoms with Crippen LogP contribution in [0.4, 0.5) is 5.69 Å². The van der Waals surface area contributed by atoms with Crippen LogP contribution in [0.2, 0.25) is 0 Å². The fourth-order valence-electron chi connectivity index (χ4n) is 1.27. The number of hydrogen-bond donors (Lipinski definition) is 1. The second-order valence-electron chi connectivity index (χ2n) is 3.40. The number of anilines is 1. The van der Waals surface area contributed by atoms with E-state index in [1.54, 1.807) is 19.1 Å². The lowest BCUT2D eigenvalue weighted by atomic mass is 10.3. The zero-order chi connectivity index (χ0) is 11.4. The van der Waals surface area contributed by atoms with Gasteiger partial charge >= 0.3 is 0 Å². The summed E-state index contributed by atoms with van der Waals surface area (Å²) in [6.45, 7) is 2.28. The highest BCUT2D eigenvalue weighted by Crippen LogP contribution is 2.13. The van der Waals surface area contributed by atoms with Crippen molar-refractivity contribution in [2.45, 2.75) is 13.3 Å². The molecule has 0 aliphatic carbocycles. The van der Waals surface area contributed by atoms with Crippen LogP contribution in [0.5, 0.6) is 5.75 Å². The maximum absolute atomic E-state index is 5.56. The van der Waals surface area contributed by atoms with Gasteiger partial charge in [0.25, 0.3) is 0 Å². The van der Waals surface area contributed by atoms with Gasteiger partial charge in [-0.25, -0.2) is 0 Å². The molecule has 0 amide bonds. The number of aryl methyl sites for hydroxylation is 1. The molecule has 5 heteroatoms. The fraction of sp³-hybridized carbons (Fsp3) is 0.273. The first-order valence-electron chi connectivity index (χ1n) is 5.01. The first kappa shape index (κ1) is 10.5. The van der Waals surface area contributed by atoms with Gasteiger partial charge in [-0.2, -0.15) is 4.98 Å². The van der Waals surface area contributed by atoms with E-state index in [2.05, 4.69) is 10.1 Å². The summed E-state index contributed by atoms with van der Waals surface area (Å²) in [4.78, 5) is 4.08. The molecule has 0 bridgehead atoms. The minimum atomic E-state index is 0.517. The van der Waals surface area contributed by atoms with Crippen LogP contribution in [-0.4, -0.2) is 16.7 Å². The third-order valence-electron chi connectivity index (χ3n) is 2.04. The molecule has 0 saturated heterocycles. The van der Waals surface area contributed by atoms with Crippen molar-refractivity contribution in [3.05, 3.63) is 36.0 Å². The van der Waals surface area contributed by atoms with Gasteiger partial charge in [-0.05, 0) is 24.3 Å². The van der Waals surface area contributed by atoms with Crippen molar-refractivity contribution in [3.63, 3.8) is 0 Å². The summed E-state index contributed by atoms with van der Waals surface area (Å²) in [5, 5.41) is 3.77. The van der Waals surface area contributed by atoms with Gasteiger partial charge in [-0.15, -0.1) is 0 Å². The molecule has 1 heterocycles. The van der Waals surface area contributed by atoms with E-state index in [-0.39, 0.29) is 0 Å². The van der Waals surface area contributed by atoms with Crippen LogP contribution in [0.25, 0.3) is 0 Å². The molecule has 2 N–H and O–H groups in total. The second kappa shape index (κ2) is 4.65. The number of nitrogen functional groups attached to an aromatic ring is 1. The molecule has 0 spiro atoms. The molecule has 5 nitrogen and oxygen atoms in total. The summed E-state index contributed by atoms with van der Waals surface area (Å²) >= 11 is 0. The molecule has 84 valence electrons. The van der Waals surface area contributed by atoms with Crippen molar-refractivity contribution in [2.24, 2.45) is 0 Å². The fourth-order valence-corrected chi connectivity index (χ4v) is 1.27. The molecule has 16 heavy (non-hydrogen) atoms. The van der Waals surface area contributed by atoms with Gasteiger partial charge in [0.05, 0.1) is 6.61 Å². The molecule has 0 aliphatic rings. The minimum absolute atomic E-state index is 0.517. The standard InChI is InChI=1S/C11H13N3O2/c1-8-13-11(14-16-8)6-7-15-10-4-2-9(12)3-5-10/h2-5H,6-7,12H2,1H3. The van der Waals surface area contributed by atoms with Crippen LogP contribution < -0.4 is 10.5 Å². The highest BCUT2D eigenvalue weighted by Gasteiger charge is 2.02. The smallest absolute Gasteiger partial charge is 0.223 e. The zero-order valence-corrected chi connectivity index (χ0v) is 9.01. The van der Waals surface area contributed by atoms with Gasteiger partial charge in [0, 0.05) is 19.0 Å². The van der Waals surface area contributed by atoms with Crippen molar-refractivity contribution in [2.75, 3.05) is 12.3 Å². The summed E-state index contributed by atoms with van der Waals surface area (Å²) in [5.74, 6) is 2.02. The summed E-state index contributed by atoms with van der Waals surface area (Å²) in [5.41, 5.74) is 6.28. The molecule has 0 aliphatic heterocycles. The number of rotatable bonds is 4. The van der Waals surface area contributed by atoms with Gasteiger partial charge < -0.3 is 15.0 Å². The first-order chi connectivity index (χ1) is 7.74. The summed E-state index contributed by atoms with van der Waals surface area (Å²) in [7, 11) is 0. The first-order valence-corrected chi connectivity index (χ1v) is 5.01. The van der Waals surface area contributed by atoms with Crippen molar-refractivity contribution >= 4 is 5.69 Å². The third kappa shape index (κ3) is 2.73. The Bertz CT molecular complexity index is 451. The molecule has 0 fully saturated rings. The molecular formula is C11H13N3O2. The van der Waals surface area contributed by atoms with Crippen molar-refractivity contribution in [1.29, 1.82) is 0 Å². The molecule has 0 radical (unpaired) electrons. The molecule has 1 aromatic heterocycles.